The zero-order valence-electron chi connectivity index (χ0n) is 18.7. The van der Waals surface area contributed by atoms with E-state index in [1.807, 2.05) is 18.2 Å². The van der Waals surface area contributed by atoms with Crippen LogP contribution in [0.5, 0.6) is 0 Å². The maximum absolute atomic E-state index is 13.0. The van der Waals surface area contributed by atoms with Crippen LogP contribution in [0.2, 0.25) is 5.02 Å². The van der Waals surface area contributed by atoms with E-state index in [9.17, 15) is 19.2 Å². The van der Waals surface area contributed by atoms with Crippen LogP contribution in [0.25, 0.3) is 0 Å². The zero-order chi connectivity index (χ0) is 24.5. The van der Waals surface area contributed by atoms with Gasteiger partial charge in [0.1, 0.15) is 6.04 Å². The molecule has 0 radical (unpaired) electrons. The first-order chi connectivity index (χ1) is 16.9. The molecule has 2 heterocycles. The standard InChI is InChI=1S/C26H23ClN4O4/c27-21-8-4-1-5-16(21)14-30-15-17(9-12-23(30)33)29-22(32)13-28-25(34)24-19-6-2-3-7-20(19)26(35)31(24)18-10-11-18/h1-9,12,15,18,24H,10-11,13-14H2,(H,28,34)(H,29,32). The van der Waals surface area contributed by atoms with Crippen molar-refractivity contribution in [1.29, 1.82) is 0 Å². The Hall–Kier alpha value is -3.91. The van der Waals surface area contributed by atoms with Crippen LogP contribution in [-0.2, 0) is 16.1 Å². The highest BCUT2D eigenvalue weighted by Gasteiger charge is 2.47. The van der Waals surface area contributed by atoms with Gasteiger partial charge in [-0.1, -0.05) is 48.0 Å². The molecule has 1 saturated carbocycles. The fraction of sp³-hybridized carbons (Fsp3) is 0.231. The molecular weight excluding hydrogens is 468 g/mol. The summed E-state index contributed by atoms with van der Waals surface area (Å²) in [5, 5.41) is 5.91. The lowest BCUT2D eigenvalue weighted by atomic mass is 10.0. The van der Waals surface area contributed by atoms with Crippen molar-refractivity contribution in [2.45, 2.75) is 31.5 Å². The summed E-state index contributed by atoms with van der Waals surface area (Å²) in [6, 6.07) is 16.5. The highest BCUT2D eigenvalue weighted by atomic mass is 35.5. The van der Waals surface area contributed by atoms with Gasteiger partial charge in [-0.3, -0.25) is 19.2 Å². The number of amides is 3. The van der Waals surface area contributed by atoms with Crippen molar-refractivity contribution >= 4 is 35.0 Å². The zero-order valence-corrected chi connectivity index (χ0v) is 19.5. The van der Waals surface area contributed by atoms with Crippen molar-refractivity contribution < 1.29 is 14.4 Å². The molecule has 3 aromatic rings. The molecule has 2 aliphatic rings. The van der Waals surface area contributed by atoms with Gasteiger partial charge in [-0.2, -0.15) is 0 Å². The van der Waals surface area contributed by atoms with E-state index in [1.165, 1.54) is 22.9 Å². The van der Waals surface area contributed by atoms with E-state index in [0.29, 0.717) is 21.8 Å². The predicted octanol–water partition coefficient (Wildman–Crippen LogP) is 2.96. The normalized spacial score (nSPS) is 16.7. The SMILES string of the molecule is O=C(CNC(=O)C1c2ccccc2C(=O)N1C1CC1)Nc1ccc(=O)n(Cc2ccccc2Cl)c1. The van der Waals surface area contributed by atoms with Crippen molar-refractivity contribution in [1.82, 2.24) is 14.8 Å². The average molecular weight is 491 g/mol. The highest BCUT2D eigenvalue weighted by Crippen LogP contribution is 2.41. The van der Waals surface area contributed by atoms with E-state index >= 15 is 0 Å². The molecule has 5 rings (SSSR count). The minimum absolute atomic E-state index is 0.0543. The van der Waals surface area contributed by atoms with Gasteiger partial charge in [0.15, 0.2) is 0 Å². The minimum Gasteiger partial charge on any atom is -0.345 e. The number of aromatic nitrogens is 1. The summed E-state index contributed by atoms with van der Waals surface area (Å²) in [6.45, 7) is -0.0150. The number of anilines is 1. The lowest BCUT2D eigenvalue weighted by molar-refractivity contribution is -0.127. The van der Waals surface area contributed by atoms with Gasteiger partial charge in [0.05, 0.1) is 18.8 Å². The summed E-state index contributed by atoms with van der Waals surface area (Å²) in [5.41, 5.74) is 2.15. The van der Waals surface area contributed by atoms with E-state index in [-0.39, 0.29) is 30.6 Å². The lowest BCUT2D eigenvalue weighted by Gasteiger charge is -2.24. The highest BCUT2D eigenvalue weighted by molar-refractivity contribution is 6.31. The van der Waals surface area contributed by atoms with Crippen molar-refractivity contribution in [3.8, 4) is 0 Å². The summed E-state index contributed by atoms with van der Waals surface area (Å²) in [7, 11) is 0. The third-order valence-electron chi connectivity index (χ3n) is 6.18. The molecular formula is C26H23ClN4O4. The Balaban J connectivity index is 1.24. The topological polar surface area (TPSA) is 101 Å². The number of hydrogen-bond donors (Lipinski definition) is 2. The number of rotatable bonds is 7. The Bertz CT molecular complexity index is 1380. The number of halogens is 1. The van der Waals surface area contributed by atoms with E-state index in [0.717, 1.165) is 18.4 Å². The molecule has 178 valence electrons. The molecule has 1 aliphatic heterocycles. The summed E-state index contributed by atoms with van der Waals surface area (Å²) in [4.78, 5) is 52.3. The molecule has 8 nitrogen and oxygen atoms in total. The van der Waals surface area contributed by atoms with Gasteiger partial charge in [-0.25, -0.2) is 0 Å². The number of carbonyl (C=O) groups is 3. The first kappa shape index (κ1) is 22.9. The number of carbonyl (C=O) groups excluding carboxylic acids is 3. The van der Waals surface area contributed by atoms with Crippen molar-refractivity contribution in [3.63, 3.8) is 0 Å². The first-order valence-corrected chi connectivity index (χ1v) is 11.7. The second kappa shape index (κ2) is 9.38. The van der Waals surface area contributed by atoms with Crippen LogP contribution in [0.1, 0.15) is 40.4 Å². The van der Waals surface area contributed by atoms with Crippen LogP contribution >= 0.6 is 11.6 Å². The maximum atomic E-state index is 13.0. The number of nitrogens with zero attached hydrogens (tertiary/aromatic N) is 2. The lowest BCUT2D eigenvalue weighted by Crippen LogP contribution is -2.42. The van der Waals surface area contributed by atoms with E-state index in [2.05, 4.69) is 10.6 Å². The number of pyridine rings is 1. The first-order valence-electron chi connectivity index (χ1n) is 11.4. The van der Waals surface area contributed by atoms with Gasteiger partial charge in [0.2, 0.25) is 11.8 Å². The molecule has 0 spiro atoms. The monoisotopic (exact) mass is 490 g/mol. The fourth-order valence-electron chi connectivity index (χ4n) is 4.34. The van der Waals surface area contributed by atoms with Crippen LogP contribution in [0.4, 0.5) is 5.69 Å². The van der Waals surface area contributed by atoms with Crippen molar-refractivity contribution in [2.24, 2.45) is 0 Å². The van der Waals surface area contributed by atoms with Crippen LogP contribution < -0.4 is 16.2 Å². The maximum Gasteiger partial charge on any atom is 0.255 e. The van der Waals surface area contributed by atoms with Gasteiger partial charge in [-0.05, 0) is 42.2 Å². The molecule has 2 aromatic carbocycles. The van der Waals surface area contributed by atoms with Crippen LogP contribution in [0.3, 0.4) is 0 Å². The molecule has 1 aromatic heterocycles. The van der Waals surface area contributed by atoms with E-state index in [4.69, 9.17) is 11.6 Å². The number of hydrogen-bond acceptors (Lipinski definition) is 4. The third kappa shape index (κ3) is 4.70. The molecule has 0 bridgehead atoms. The van der Waals surface area contributed by atoms with E-state index in [1.54, 1.807) is 35.2 Å². The Morgan fingerprint density at radius 3 is 2.49 bits per heavy atom. The third-order valence-corrected chi connectivity index (χ3v) is 6.54. The second-order valence-electron chi connectivity index (χ2n) is 8.67. The Morgan fingerprint density at radius 1 is 0.971 bits per heavy atom. The van der Waals surface area contributed by atoms with Crippen LogP contribution in [0, 0.1) is 0 Å². The number of fused-ring (bicyclic) bond motifs is 1. The van der Waals surface area contributed by atoms with Gasteiger partial charge in [0.25, 0.3) is 11.5 Å². The number of benzene rings is 2. The van der Waals surface area contributed by atoms with Gasteiger partial charge < -0.3 is 20.1 Å². The van der Waals surface area contributed by atoms with Crippen molar-refractivity contribution in [2.75, 3.05) is 11.9 Å². The smallest absolute Gasteiger partial charge is 0.255 e. The Labute approximate surface area is 206 Å². The van der Waals surface area contributed by atoms with Crippen molar-refractivity contribution in [3.05, 3.63) is 98.9 Å². The van der Waals surface area contributed by atoms with E-state index < -0.39 is 17.9 Å². The average Bonchev–Trinajstić information content (AvgIpc) is 3.65. The van der Waals surface area contributed by atoms with Crippen LogP contribution in [0.15, 0.2) is 71.7 Å². The minimum atomic E-state index is -0.739. The molecule has 35 heavy (non-hydrogen) atoms. The summed E-state index contributed by atoms with van der Waals surface area (Å²) >= 11 is 6.20. The second-order valence-corrected chi connectivity index (χ2v) is 9.08. The van der Waals surface area contributed by atoms with Gasteiger partial charge >= 0.3 is 0 Å². The summed E-state index contributed by atoms with van der Waals surface area (Å²) in [5.74, 6) is -0.987. The molecule has 1 fully saturated rings. The van der Waals surface area contributed by atoms with Gasteiger partial charge in [0, 0.05) is 28.9 Å². The molecule has 0 saturated heterocycles. The molecule has 1 atom stereocenters. The molecule has 3 amide bonds. The molecule has 1 aliphatic carbocycles. The van der Waals surface area contributed by atoms with Crippen LogP contribution in [-0.4, -0.2) is 39.8 Å². The fourth-order valence-corrected chi connectivity index (χ4v) is 4.54. The van der Waals surface area contributed by atoms with Gasteiger partial charge in [-0.15, -0.1) is 0 Å². The largest absolute Gasteiger partial charge is 0.345 e. The molecule has 1 unspecified atom stereocenters. The summed E-state index contributed by atoms with van der Waals surface area (Å²) in [6.07, 6.45) is 3.27. The summed E-state index contributed by atoms with van der Waals surface area (Å²) < 4.78 is 1.45. The molecule has 9 heteroatoms. The predicted molar refractivity (Wildman–Crippen MR) is 131 cm³/mol. The number of nitrogens with one attached hydrogen (secondary N) is 2. The molecule has 2 N–H and O–H groups in total. The Kier molecular flexibility index (Phi) is 6.13. The quantitative estimate of drug-likeness (QED) is 0.531. The Morgan fingerprint density at radius 2 is 1.71 bits per heavy atom.